The number of aliphatic hydroxyl groups is 1. The lowest BCUT2D eigenvalue weighted by molar-refractivity contribution is -0.0123. The summed E-state index contributed by atoms with van der Waals surface area (Å²) in [5.41, 5.74) is 8.63. The van der Waals surface area contributed by atoms with Gasteiger partial charge in [-0.15, -0.1) is 0 Å². The van der Waals surface area contributed by atoms with Crippen LogP contribution in [0.3, 0.4) is 0 Å². The smallest absolute Gasteiger partial charge is 0.119 e. The van der Waals surface area contributed by atoms with Gasteiger partial charge >= 0.3 is 0 Å². The van der Waals surface area contributed by atoms with Crippen LogP contribution in [0, 0.1) is 0 Å². The predicted octanol–water partition coefficient (Wildman–Crippen LogP) is 2.19. The van der Waals surface area contributed by atoms with Gasteiger partial charge in [-0.2, -0.15) is 0 Å². The Morgan fingerprint density at radius 2 is 2.15 bits per heavy atom. The van der Waals surface area contributed by atoms with Crippen molar-refractivity contribution in [2.75, 3.05) is 13.2 Å². The lowest BCUT2D eigenvalue weighted by atomic mass is 9.88. The Morgan fingerprint density at radius 3 is 2.90 bits per heavy atom. The molecule has 2 atom stereocenters. The molecule has 0 fully saturated rings. The zero-order valence-corrected chi connectivity index (χ0v) is 12.3. The minimum absolute atomic E-state index is 0.108. The molecule has 0 aromatic heterocycles. The van der Waals surface area contributed by atoms with Crippen LogP contribution in [-0.2, 0) is 11.2 Å². The van der Waals surface area contributed by atoms with E-state index in [1.54, 1.807) is 0 Å². The van der Waals surface area contributed by atoms with Crippen LogP contribution in [-0.4, -0.2) is 30.5 Å². The highest BCUT2D eigenvalue weighted by molar-refractivity contribution is 5.39. The van der Waals surface area contributed by atoms with Gasteiger partial charge in [-0.3, -0.25) is 0 Å². The van der Waals surface area contributed by atoms with Gasteiger partial charge in [-0.05, 0) is 56.4 Å². The quantitative estimate of drug-likeness (QED) is 0.838. The number of hydrogen-bond donors (Lipinski definition) is 2. The fourth-order valence-electron chi connectivity index (χ4n) is 2.45. The monoisotopic (exact) mass is 279 g/mol. The Bertz CT molecular complexity index is 434. The molecule has 0 bridgehead atoms. The fourth-order valence-corrected chi connectivity index (χ4v) is 2.45. The van der Waals surface area contributed by atoms with Crippen LogP contribution in [0.5, 0.6) is 5.75 Å². The maximum atomic E-state index is 9.78. The van der Waals surface area contributed by atoms with Crippen molar-refractivity contribution < 1.29 is 14.6 Å². The number of hydrogen-bond acceptors (Lipinski definition) is 4. The second kappa shape index (κ2) is 7.07. The van der Waals surface area contributed by atoms with Crippen molar-refractivity contribution >= 4 is 0 Å². The number of fused-ring (bicyclic) bond motifs is 1. The molecule has 1 aromatic rings. The van der Waals surface area contributed by atoms with Crippen LogP contribution >= 0.6 is 0 Å². The summed E-state index contributed by atoms with van der Waals surface area (Å²) in [7, 11) is 0. The molecule has 1 aliphatic carbocycles. The number of aryl methyl sites for hydroxylation is 1. The summed E-state index contributed by atoms with van der Waals surface area (Å²) >= 11 is 0. The fraction of sp³-hybridized carbons (Fsp3) is 0.625. The summed E-state index contributed by atoms with van der Waals surface area (Å²) < 4.78 is 11.0. The molecule has 0 saturated heterocycles. The topological polar surface area (TPSA) is 64.7 Å². The van der Waals surface area contributed by atoms with Crippen molar-refractivity contribution in [3.8, 4) is 5.75 Å². The molecular weight excluding hydrogens is 254 g/mol. The van der Waals surface area contributed by atoms with Crippen LogP contribution in [0.1, 0.15) is 43.9 Å². The first-order chi connectivity index (χ1) is 9.56. The Kier molecular flexibility index (Phi) is 5.40. The van der Waals surface area contributed by atoms with Gasteiger partial charge in [0.05, 0.1) is 12.7 Å². The van der Waals surface area contributed by atoms with Crippen LogP contribution in [0.2, 0.25) is 0 Å². The molecule has 4 nitrogen and oxygen atoms in total. The van der Waals surface area contributed by atoms with Gasteiger partial charge in [0.15, 0.2) is 0 Å². The van der Waals surface area contributed by atoms with E-state index in [1.165, 1.54) is 11.1 Å². The molecular formula is C16H25NO3. The molecule has 0 aliphatic heterocycles. The summed E-state index contributed by atoms with van der Waals surface area (Å²) in [6.45, 7) is 4.42. The first kappa shape index (κ1) is 15.3. The number of ether oxygens (including phenoxy) is 2. The zero-order chi connectivity index (χ0) is 14.5. The largest absolute Gasteiger partial charge is 0.491 e. The van der Waals surface area contributed by atoms with Gasteiger partial charge in [-0.25, -0.2) is 0 Å². The minimum Gasteiger partial charge on any atom is -0.491 e. The normalized spacial score (nSPS) is 19.8. The Hall–Kier alpha value is -1.10. The van der Waals surface area contributed by atoms with Crippen molar-refractivity contribution in [1.29, 1.82) is 0 Å². The SMILES string of the molecule is CC(C)OCC(O)COc1ccc2c(c1)[C@@H](N)CCC2. The van der Waals surface area contributed by atoms with E-state index in [4.69, 9.17) is 15.2 Å². The highest BCUT2D eigenvalue weighted by atomic mass is 16.5. The maximum absolute atomic E-state index is 9.78. The molecule has 3 N–H and O–H groups in total. The molecule has 20 heavy (non-hydrogen) atoms. The van der Waals surface area contributed by atoms with Crippen LogP contribution in [0.25, 0.3) is 0 Å². The first-order valence-electron chi connectivity index (χ1n) is 7.37. The summed E-state index contributed by atoms with van der Waals surface area (Å²) in [5.74, 6) is 0.768. The van der Waals surface area contributed by atoms with E-state index in [1.807, 2.05) is 26.0 Å². The van der Waals surface area contributed by atoms with Crippen molar-refractivity contribution in [1.82, 2.24) is 0 Å². The van der Waals surface area contributed by atoms with Crippen molar-refractivity contribution in [3.63, 3.8) is 0 Å². The molecule has 0 radical (unpaired) electrons. The summed E-state index contributed by atoms with van der Waals surface area (Å²) in [5, 5.41) is 9.78. The second-order valence-electron chi connectivity index (χ2n) is 5.71. The lowest BCUT2D eigenvalue weighted by Gasteiger charge is -2.23. The van der Waals surface area contributed by atoms with Crippen LogP contribution in [0.4, 0.5) is 0 Å². The summed E-state index contributed by atoms with van der Waals surface area (Å²) in [4.78, 5) is 0. The van der Waals surface area contributed by atoms with E-state index in [9.17, 15) is 5.11 Å². The van der Waals surface area contributed by atoms with E-state index in [0.29, 0.717) is 6.61 Å². The first-order valence-corrected chi connectivity index (χ1v) is 7.37. The Morgan fingerprint density at radius 1 is 1.35 bits per heavy atom. The van der Waals surface area contributed by atoms with Gasteiger partial charge in [-0.1, -0.05) is 6.07 Å². The molecule has 0 saturated carbocycles. The van der Waals surface area contributed by atoms with Crippen molar-refractivity contribution in [2.45, 2.75) is 51.4 Å². The van der Waals surface area contributed by atoms with Gasteiger partial charge in [0.2, 0.25) is 0 Å². The highest BCUT2D eigenvalue weighted by Gasteiger charge is 2.17. The third kappa shape index (κ3) is 4.20. The van der Waals surface area contributed by atoms with E-state index in [0.717, 1.165) is 25.0 Å². The van der Waals surface area contributed by atoms with Crippen molar-refractivity contribution in [2.24, 2.45) is 5.73 Å². The van der Waals surface area contributed by atoms with E-state index in [2.05, 4.69) is 6.07 Å². The molecule has 4 heteroatoms. The average Bonchev–Trinajstić information content (AvgIpc) is 2.43. The number of nitrogens with two attached hydrogens (primary N) is 1. The second-order valence-corrected chi connectivity index (χ2v) is 5.71. The zero-order valence-electron chi connectivity index (χ0n) is 12.3. The molecule has 1 aliphatic rings. The van der Waals surface area contributed by atoms with Crippen LogP contribution in [0.15, 0.2) is 18.2 Å². The standard InChI is InChI=1S/C16H25NO3/c1-11(2)19-9-13(18)10-20-14-7-6-12-4-3-5-16(17)15(12)8-14/h6-8,11,13,16,18H,3-5,9-10,17H2,1-2H3/t13?,16-/m0/s1. The van der Waals surface area contributed by atoms with E-state index < -0.39 is 6.10 Å². The van der Waals surface area contributed by atoms with Crippen LogP contribution < -0.4 is 10.5 Å². The van der Waals surface area contributed by atoms with Crippen molar-refractivity contribution in [3.05, 3.63) is 29.3 Å². The Labute approximate surface area is 120 Å². The Balaban J connectivity index is 1.89. The third-order valence-electron chi connectivity index (χ3n) is 3.54. The third-order valence-corrected chi connectivity index (χ3v) is 3.54. The highest BCUT2D eigenvalue weighted by Crippen LogP contribution is 2.30. The molecule has 1 aromatic carbocycles. The average molecular weight is 279 g/mol. The number of aliphatic hydroxyl groups excluding tert-OH is 1. The molecule has 0 spiro atoms. The minimum atomic E-state index is -0.609. The van der Waals surface area contributed by atoms with E-state index in [-0.39, 0.29) is 18.8 Å². The van der Waals surface area contributed by atoms with Gasteiger partial charge < -0.3 is 20.3 Å². The van der Waals surface area contributed by atoms with E-state index >= 15 is 0 Å². The number of benzene rings is 1. The summed E-state index contributed by atoms with van der Waals surface area (Å²) in [6.07, 6.45) is 2.78. The van der Waals surface area contributed by atoms with Gasteiger partial charge in [0.25, 0.3) is 0 Å². The maximum Gasteiger partial charge on any atom is 0.119 e. The van der Waals surface area contributed by atoms with Gasteiger partial charge in [0, 0.05) is 6.04 Å². The van der Waals surface area contributed by atoms with Gasteiger partial charge in [0.1, 0.15) is 18.5 Å². The molecule has 0 amide bonds. The number of rotatable bonds is 6. The lowest BCUT2D eigenvalue weighted by Crippen LogP contribution is -2.25. The molecule has 112 valence electrons. The summed E-state index contributed by atoms with van der Waals surface area (Å²) in [6, 6.07) is 6.15. The molecule has 2 rings (SSSR count). The predicted molar refractivity (Wildman–Crippen MR) is 78.9 cm³/mol. The molecule has 0 heterocycles. The molecule has 1 unspecified atom stereocenters.